The largest absolute Gasteiger partial charge is 0.497 e. The number of benzene rings is 2. The van der Waals surface area contributed by atoms with Crippen LogP contribution in [-0.4, -0.2) is 22.8 Å². The molecule has 2 aromatic carbocycles. The fraction of sp³-hybridized carbons (Fsp3) is 0.273. The van der Waals surface area contributed by atoms with E-state index < -0.39 is 0 Å². The second-order valence-corrected chi connectivity index (χ2v) is 6.84. The zero-order chi connectivity index (χ0) is 18.6. The summed E-state index contributed by atoms with van der Waals surface area (Å²) in [6.45, 7) is 0.759. The highest BCUT2D eigenvalue weighted by molar-refractivity contribution is 5.94. The first-order valence-electron chi connectivity index (χ1n) is 9.28. The molecule has 4 rings (SSSR count). The second-order valence-electron chi connectivity index (χ2n) is 6.84. The molecule has 0 aliphatic heterocycles. The van der Waals surface area contributed by atoms with Gasteiger partial charge >= 0.3 is 0 Å². The molecular weight excluding hydrogens is 338 g/mol. The maximum Gasteiger partial charge on any atom is 0.251 e. The molecule has 1 atom stereocenters. The SMILES string of the molecule is COc1ccc(C(=O)NC2CCCc3c2cnn3Cc2ccccc2)cc1. The van der Waals surface area contributed by atoms with Crippen LogP contribution in [0.3, 0.4) is 0 Å². The van der Waals surface area contributed by atoms with E-state index in [1.54, 1.807) is 31.4 Å². The van der Waals surface area contributed by atoms with Crippen molar-refractivity contribution in [1.82, 2.24) is 15.1 Å². The van der Waals surface area contributed by atoms with E-state index in [1.807, 2.05) is 24.4 Å². The Morgan fingerprint density at radius 2 is 1.96 bits per heavy atom. The van der Waals surface area contributed by atoms with Gasteiger partial charge in [0.25, 0.3) is 5.91 Å². The number of carbonyl (C=O) groups is 1. The topological polar surface area (TPSA) is 56.1 Å². The number of hydrogen-bond acceptors (Lipinski definition) is 3. The lowest BCUT2D eigenvalue weighted by Crippen LogP contribution is -2.31. The predicted octanol–water partition coefficient (Wildman–Crippen LogP) is 3.75. The molecule has 1 amide bonds. The van der Waals surface area contributed by atoms with Gasteiger partial charge in [-0.05, 0) is 49.1 Å². The lowest BCUT2D eigenvalue weighted by molar-refractivity contribution is 0.0932. The Morgan fingerprint density at radius 1 is 1.19 bits per heavy atom. The quantitative estimate of drug-likeness (QED) is 0.753. The number of amides is 1. The van der Waals surface area contributed by atoms with E-state index in [2.05, 4.69) is 27.2 Å². The fourth-order valence-corrected chi connectivity index (χ4v) is 3.65. The molecule has 1 aliphatic rings. The van der Waals surface area contributed by atoms with Gasteiger partial charge in [-0.2, -0.15) is 5.10 Å². The summed E-state index contributed by atoms with van der Waals surface area (Å²) in [6, 6.07) is 17.5. The molecule has 0 saturated heterocycles. The number of nitrogens with one attached hydrogen (secondary N) is 1. The van der Waals surface area contributed by atoms with Gasteiger partial charge in [0.05, 0.1) is 25.9 Å². The molecule has 1 unspecified atom stereocenters. The first-order chi connectivity index (χ1) is 13.2. The molecule has 0 bridgehead atoms. The molecule has 5 nitrogen and oxygen atoms in total. The lowest BCUT2D eigenvalue weighted by atomic mass is 9.92. The monoisotopic (exact) mass is 361 g/mol. The summed E-state index contributed by atoms with van der Waals surface area (Å²) in [5.74, 6) is 0.681. The van der Waals surface area contributed by atoms with Crippen LogP contribution in [0.15, 0.2) is 60.8 Å². The van der Waals surface area contributed by atoms with Crippen molar-refractivity contribution in [3.05, 3.63) is 83.2 Å². The third kappa shape index (κ3) is 3.72. The number of methoxy groups -OCH3 is 1. The molecule has 3 aromatic rings. The van der Waals surface area contributed by atoms with Crippen molar-refractivity contribution in [3.63, 3.8) is 0 Å². The van der Waals surface area contributed by atoms with E-state index in [0.717, 1.165) is 37.1 Å². The Hall–Kier alpha value is -3.08. The van der Waals surface area contributed by atoms with E-state index in [-0.39, 0.29) is 11.9 Å². The van der Waals surface area contributed by atoms with Crippen molar-refractivity contribution in [1.29, 1.82) is 0 Å². The van der Waals surface area contributed by atoms with Crippen LogP contribution in [0.5, 0.6) is 5.75 Å². The van der Waals surface area contributed by atoms with Gasteiger partial charge in [-0.25, -0.2) is 0 Å². The van der Waals surface area contributed by atoms with E-state index in [1.165, 1.54) is 11.3 Å². The third-order valence-electron chi connectivity index (χ3n) is 5.10. The molecule has 1 N–H and O–H groups in total. The van der Waals surface area contributed by atoms with Crippen LogP contribution in [0, 0.1) is 0 Å². The van der Waals surface area contributed by atoms with Crippen LogP contribution in [0.2, 0.25) is 0 Å². The van der Waals surface area contributed by atoms with Crippen LogP contribution in [-0.2, 0) is 13.0 Å². The van der Waals surface area contributed by atoms with E-state index in [4.69, 9.17) is 4.74 Å². The number of carbonyl (C=O) groups excluding carboxylic acids is 1. The molecule has 0 saturated carbocycles. The maximum absolute atomic E-state index is 12.6. The number of nitrogens with zero attached hydrogens (tertiary/aromatic N) is 2. The second kappa shape index (κ2) is 7.66. The Bertz CT molecular complexity index is 916. The fourth-order valence-electron chi connectivity index (χ4n) is 3.65. The summed E-state index contributed by atoms with van der Waals surface area (Å²) in [7, 11) is 1.62. The van der Waals surface area contributed by atoms with Crippen LogP contribution in [0.1, 0.15) is 46.1 Å². The smallest absolute Gasteiger partial charge is 0.251 e. The van der Waals surface area contributed by atoms with Gasteiger partial charge < -0.3 is 10.1 Å². The normalized spacial score (nSPS) is 15.8. The summed E-state index contributed by atoms with van der Waals surface area (Å²) in [5.41, 5.74) is 4.23. The molecule has 1 heterocycles. The minimum absolute atomic E-state index is 0.00729. The molecule has 0 spiro atoms. The molecular formula is C22H23N3O2. The van der Waals surface area contributed by atoms with E-state index >= 15 is 0 Å². The summed E-state index contributed by atoms with van der Waals surface area (Å²) in [5, 5.41) is 7.77. The van der Waals surface area contributed by atoms with Crippen molar-refractivity contribution in [3.8, 4) is 5.75 Å². The number of aromatic nitrogens is 2. The average Bonchev–Trinajstić information content (AvgIpc) is 3.13. The molecule has 5 heteroatoms. The Labute approximate surface area is 159 Å². The number of hydrogen-bond donors (Lipinski definition) is 1. The highest BCUT2D eigenvalue weighted by Crippen LogP contribution is 2.30. The molecule has 0 fully saturated rings. The van der Waals surface area contributed by atoms with E-state index in [9.17, 15) is 4.79 Å². The predicted molar refractivity (Wildman–Crippen MR) is 104 cm³/mol. The summed E-state index contributed by atoms with van der Waals surface area (Å²) < 4.78 is 7.22. The standard InChI is InChI=1S/C22H23N3O2/c1-27-18-12-10-17(11-13-18)22(26)24-20-8-5-9-21-19(20)14-23-25(21)15-16-6-3-2-4-7-16/h2-4,6-7,10-14,20H,5,8-9,15H2,1H3,(H,24,26). The van der Waals surface area contributed by atoms with Crippen molar-refractivity contribution < 1.29 is 9.53 Å². The lowest BCUT2D eigenvalue weighted by Gasteiger charge is -2.24. The third-order valence-corrected chi connectivity index (χ3v) is 5.10. The van der Waals surface area contributed by atoms with Gasteiger partial charge in [0.15, 0.2) is 0 Å². The zero-order valence-corrected chi connectivity index (χ0v) is 15.4. The van der Waals surface area contributed by atoms with Crippen LogP contribution >= 0.6 is 0 Å². The Kier molecular flexibility index (Phi) is 4.92. The summed E-state index contributed by atoms with van der Waals surface area (Å²) in [4.78, 5) is 12.6. The number of ether oxygens (including phenoxy) is 1. The number of rotatable bonds is 5. The minimum Gasteiger partial charge on any atom is -0.497 e. The number of fused-ring (bicyclic) bond motifs is 1. The summed E-state index contributed by atoms with van der Waals surface area (Å²) in [6.07, 6.45) is 4.89. The van der Waals surface area contributed by atoms with Gasteiger partial charge in [-0.3, -0.25) is 9.48 Å². The highest BCUT2D eigenvalue weighted by Gasteiger charge is 2.26. The van der Waals surface area contributed by atoms with Gasteiger partial charge in [-0.15, -0.1) is 0 Å². The Morgan fingerprint density at radius 3 is 2.70 bits per heavy atom. The van der Waals surface area contributed by atoms with Crippen molar-refractivity contribution >= 4 is 5.91 Å². The maximum atomic E-state index is 12.6. The first-order valence-corrected chi connectivity index (χ1v) is 9.28. The van der Waals surface area contributed by atoms with Crippen molar-refractivity contribution in [2.45, 2.75) is 31.8 Å². The molecule has 1 aromatic heterocycles. The molecule has 0 radical (unpaired) electrons. The van der Waals surface area contributed by atoms with E-state index in [0.29, 0.717) is 5.56 Å². The van der Waals surface area contributed by atoms with Crippen LogP contribution < -0.4 is 10.1 Å². The first kappa shape index (κ1) is 17.3. The molecule has 27 heavy (non-hydrogen) atoms. The average molecular weight is 361 g/mol. The van der Waals surface area contributed by atoms with Gasteiger partial charge in [0.2, 0.25) is 0 Å². The molecule has 138 valence electrons. The van der Waals surface area contributed by atoms with Crippen LogP contribution in [0.4, 0.5) is 0 Å². The summed E-state index contributed by atoms with van der Waals surface area (Å²) >= 11 is 0. The van der Waals surface area contributed by atoms with Crippen molar-refractivity contribution in [2.24, 2.45) is 0 Å². The molecule has 1 aliphatic carbocycles. The van der Waals surface area contributed by atoms with Gasteiger partial charge in [0.1, 0.15) is 5.75 Å². The van der Waals surface area contributed by atoms with Crippen LogP contribution in [0.25, 0.3) is 0 Å². The Balaban J connectivity index is 1.50. The highest BCUT2D eigenvalue weighted by atomic mass is 16.5. The van der Waals surface area contributed by atoms with Gasteiger partial charge in [0, 0.05) is 16.8 Å². The van der Waals surface area contributed by atoms with Crippen molar-refractivity contribution in [2.75, 3.05) is 7.11 Å². The van der Waals surface area contributed by atoms with Gasteiger partial charge in [-0.1, -0.05) is 30.3 Å². The zero-order valence-electron chi connectivity index (χ0n) is 15.4. The minimum atomic E-state index is -0.0636.